The first-order chi connectivity index (χ1) is 35.4. The molecule has 0 spiro atoms. The van der Waals surface area contributed by atoms with Gasteiger partial charge in [-0.1, -0.05) is 102 Å². The van der Waals surface area contributed by atoms with E-state index >= 15 is 0 Å². The molecular formula is C56H82N8O8S2. The molecule has 12 atom stereocenters. The Morgan fingerprint density at radius 1 is 0.595 bits per heavy atom. The van der Waals surface area contributed by atoms with Gasteiger partial charge in [-0.15, -0.1) is 23.5 Å². The quantitative estimate of drug-likeness (QED) is 0.0886. The van der Waals surface area contributed by atoms with Gasteiger partial charge >= 0.3 is 0 Å². The van der Waals surface area contributed by atoms with Crippen molar-refractivity contribution in [1.29, 1.82) is 0 Å². The average Bonchev–Trinajstić information content (AvgIpc) is 4.02. The van der Waals surface area contributed by atoms with Crippen LogP contribution in [0.25, 0.3) is 0 Å². The summed E-state index contributed by atoms with van der Waals surface area (Å²) in [6.45, 7) is 12.9. The molecule has 74 heavy (non-hydrogen) atoms. The summed E-state index contributed by atoms with van der Waals surface area (Å²) in [6.07, 6.45) is 9.26. The second-order valence-electron chi connectivity index (χ2n) is 22.8. The fourth-order valence-electron chi connectivity index (χ4n) is 12.2. The lowest BCUT2D eigenvalue weighted by Crippen LogP contribution is -2.58. The molecule has 2 aliphatic carbocycles. The van der Waals surface area contributed by atoms with Crippen LogP contribution >= 0.6 is 23.5 Å². The molecule has 3 unspecified atom stereocenters. The van der Waals surface area contributed by atoms with E-state index in [1.54, 1.807) is 61.3 Å². The number of nitrogens with one attached hydrogen (secondary N) is 6. The molecule has 0 bridgehead atoms. The monoisotopic (exact) mass is 1060 g/mol. The molecule has 16 nitrogen and oxygen atoms in total. The Hall–Kier alpha value is -4.20. The van der Waals surface area contributed by atoms with E-state index in [-0.39, 0.29) is 70.5 Å². The number of likely N-dealkylation sites (N-methyl/N-ethyl adjacent to an activating group) is 2. The zero-order chi connectivity index (χ0) is 52.9. The Balaban J connectivity index is 0.796. The molecule has 18 heteroatoms. The fourth-order valence-corrected chi connectivity index (χ4v) is 15.3. The first-order valence-electron chi connectivity index (χ1n) is 27.3. The summed E-state index contributed by atoms with van der Waals surface area (Å²) < 4.78 is 13.2. The number of amides is 6. The van der Waals surface area contributed by atoms with Crippen LogP contribution in [-0.2, 0) is 51.1 Å². The van der Waals surface area contributed by atoms with Gasteiger partial charge in [0.2, 0.25) is 35.4 Å². The summed E-state index contributed by atoms with van der Waals surface area (Å²) in [6, 6.07) is 12.0. The molecule has 2 aromatic rings. The lowest BCUT2D eigenvalue weighted by atomic mass is 9.83. The Morgan fingerprint density at radius 3 is 1.36 bits per heavy atom. The van der Waals surface area contributed by atoms with E-state index in [1.165, 1.54) is 0 Å². The maximum atomic E-state index is 14.5. The number of fused-ring (bicyclic) bond motifs is 4. The van der Waals surface area contributed by atoms with Gasteiger partial charge in [0, 0.05) is 26.1 Å². The van der Waals surface area contributed by atoms with Crippen molar-refractivity contribution in [2.24, 2.45) is 10.8 Å². The Morgan fingerprint density at radius 2 is 0.973 bits per heavy atom. The van der Waals surface area contributed by atoms with E-state index < -0.39 is 47.1 Å². The van der Waals surface area contributed by atoms with E-state index in [0.29, 0.717) is 63.2 Å². The number of unbranched alkanes of at least 4 members (excludes halogenated alkanes) is 5. The highest BCUT2D eigenvalue weighted by atomic mass is 32.2. The van der Waals surface area contributed by atoms with E-state index in [1.807, 2.05) is 24.3 Å². The van der Waals surface area contributed by atoms with Crippen LogP contribution in [0.4, 0.5) is 0 Å². The summed E-state index contributed by atoms with van der Waals surface area (Å²) in [5.41, 5.74) is 3.46. The molecule has 0 saturated carbocycles. The Bertz CT molecular complexity index is 2190. The van der Waals surface area contributed by atoms with Crippen molar-refractivity contribution < 1.29 is 38.2 Å². The molecule has 0 aromatic heterocycles. The van der Waals surface area contributed by atoms with Crippen molar-refractivity contribution in [2.75, 3.05) is 38.8 Å². The molecule has 0 radical (unpaired) electrons. The van der Waals surface area contributed by atoms with E-state index in [4.69, 9.17) is 9.47 Å². The number of benzene rings is 2. The van der Waals surface area contributed by atoms with Gasteiger partial charge in [0.25, 0.3) is 0 Å². The summed E-state index contributed by atoms with van der Waals surface area (Å²) in [5, 5.41) is 18.3. The number of ether oxygens (including phenoxy) is 2. The summed E-state index contributed by atoms with van der Waals surface area (Å²) >= 11 is 3.38. The smallest absolute Gasteiger partial charge is 0.246 e. The summed E-state index contributed by atoms with van der Waals surface area (Å²) in [7, 11) is 3.43. The topological polar surface area (TPSA) is 200 Å². The van der Waals surface area contributed by atoms with Crippen LogP contribution in [0.3, 0.4) is 0 Å². The van der Waals surface area contributed by atoms with Crippen molar-refractivity contribution in [3.8, 4) is 0 Å². The largest absolute Gasteiger partial charge is 0.375 e. The highest BCUT2D eigenvalue weighted by molar-refractivity contribution is 8.00. The lowest BCUT2D eigenvalue weighted by molar-refractivity contribution is -0.144. The maximum Gasteiger partial charge on any atom is 0.246 e. The second-order valence-corrected chi connectivity index (χ2v) is 25.3. The second kappa shape index (κ2) is 24.4. The highest BCUT2D eigenvalue weighted by Gasteiger charge is 2.57. The number of hydrogen-bond acceptors (Lipinski definition) is 12. The van der Waals surface area contributed by atoms with Gasteiger partial charge in [0.05, 0.1) is 47.1 Å². The predicted molar refractivity (Wildman–Crippen MR) is 290 cm³/mol. The van der Waals surface area contributed by atoms with Crippen LogP contribution in [0.1, 0.15) is 140 Å². The average molecular weight is 1060 g/mol. The number of rotatable bonds is 21. The number of carbonyl (C=O) groups excluding carboxylic acids is 6. The number of carbonyl (C=O) groups is 6. The van der Waals surface area contributed by atoms with Crippen LogP contribution in [0.2, 0.25) is 0 Å². The molecule has 4 aliphatic heterocycles. The normalized spacial score (nSPS) is 29.5. The van der Waals surface area contributed by atoms with Crippen LogP contribution in [0.5, 0.6) is 0 Å². The number of thioether (sulfide) groups is 2. The highest BCUT2D eigenvalue weighted by Crippen LogP contribution is 2.48. The van der Waals surface area contributed by atoms with Crippen LogP contribution in [0.15, 0.2) is 48.5 Å². The van der Waals surface area contributed by atoms with Crippen molar-refractivity contribution in [1.82, 2.24) is 41.7 Å². The molecule has 6 amide bonds. The first-order valence-corrected chi connectivity index (χ1v) is 29.4. The van der Waals surface area contributed by atoms with Crippen LogP contribution < -0.4 is 31.9 Å². The first kappa shape index (κ1) is 56.0. The molecule has 4 saturated heterocycles. The van der Waals surface area contributed by atoms with Gasteiger partial charge in [-0.2, -0.15) is 0 Å². The number of nitrogens with zero attached hydrogens (tertiary/aromatic N) is 2. The number of hydrogen-bond donors (Lipinski definition) is 6. The maximum absolute atomic E-state index is 14.5. The SMILES string of the molecule is CN[C@@H](C)C(=O)NC1CCSC2CC(C)(C)C(C(=O)N[C@H]3c4ccccc4C[C@H]3OCCCCCCCCO[C@@H]3Cc4ccccc4[C@@H]3NC(=O)[C@H]3N4C(=O)[C@@H](NC(=O)[C@H](C)NC)CCS[C@H]4CC3(C)C)N2C1=O. The van der Waals surface area contributed by atoms with Crippen LogP contribution in [0, 0.1) is 10.8 Å². The molecule has 2 aromatic carbocycles. The van der Waals surface area contributed by atoms with Gasteiger partial charge in [-0.25, -0.2) is 0 Å². The van der Waals surface area contributed by atoms with Gasteiger partial charge in [0.15, 0.2) is 0 Å². The lowest BCUT2D eigenvalue weighted by Gasteiger charge is -2.35. The molecule has 6 N–H and O–H groups in total. The minimum Gasteiger partial charge on any atom is -0.375 e. The molecule has 4 heterocycles. The van der Waals surface area contributed by atoms with Crippen molar-refractivity contribution in [2.45, 2.75) is 190 Å². The minimum absolute atomic E-state index is 0.146. The third kappa shape index (κ3) is 12.3. The summed E-state index contributed by atoms with van der Waals surface area (Å²) in [5.74, 6) is 0.189. The Labute approximate surface area is 447 Å². The molecule has 4 fully saturated rings. The van der Waals surface area contributed by atoms with Gasteiger partial charge in [0.1, 0.15) is 24.2 Å². The Kier molecular flexibility index (Phi) is 18.5. The van der Waals surface area contributed by atoms with Crippen molar-refractivity contribution >= 4 is 59.0 Å². The zero-order valence-corrected chi connectivity index (χ0v) is 46.5. The van der Waals surface area contributed by atoms with E-state index in [9.17, 15) is 28.8 Å². The summed E-state index contributed by atoms with van der Waals surface area (Å²) in [4.78, 5) is 86.7. The van der Waals surface area contributed by atoms with E-state index in [0.717, 1.165) is 60.8 Å². The molecular weight excluding hydrogens is 977 g/mol. The fraction of sp³-hybridized carbons (Fsp3) is 0.679. The van der Waals surface area contributed by atoms with Gasteiger partial charge in [-0.05, 0) is 111 Å². The van der Waals surface area contributed by atoms with Crippen LogP contribution in [-0.4, -0.2) is 143 Å². The molecule has 8 rings (SSSR count). The molecule has 406 valence electrons. The third-order valence-electron chi connectivity index (χ3n) is 16.5. The zero-order valence-electron chi connectivity index (χ0n) is 44.8. The van der Waals surface area contributed by atoms with Gasteiger partial charge in [-0.3, -0.25) is 28.8 Å². The predicted octanol–water partition coefficient (Wildman–Crippen LogP) is 5.29. The van der Waals surface area contributed by atoms with Gasteiger partial charge < -0.3 is 51.2 Å². The minimum atomic E-state index is -0.693. The van der Waals surface area contributed by atoms with E-state index in [2.05, 4.69) is 83.9 Å². The van der Waals surface area contributed by atoms with Crippen molar-refractivity contribution in [3.05, 3.63) is 70.8 Å². The standard InChI is InChI=1S/C56H82N8O8S2/c1-33(57-7)49(65)59-39-23-27-73-43-31-55(3,4)47(63(43)53(39)69)51(67)61-45-37-21-15-13-19-35(37)29-41(45)71-25-17-11-9-10-12-18-26-72-42-30-36-20-14-16-22-38(36)46(42)62-52(68)48-56(5,6)32-44-64(48)54(70)40(24-28-74-44)60-50(66)34(2)58-8/h13-16,19-22,33-34,39-48,57-58H,9-12,17-18,23-32H2,1-8H3,(H,59,65)(H,60,66)(H,61,67)(H,62,68)/t33-,34-,39-,40?,41+,42+,43-,44?,45-,46-,47+,48?/m0/s1. The molecule has 6 aliphatic rings. The van der Waals surface area contributed by atoms with Crippen molar-refractivity contribution in [3.63, 3.8) is 0 Å². The third-order valence-corrected chi connectivity index (χ3v) is 19.0.